The Labute approximate surface area is 160 Å². The van der Waals surface area contributed by atoms with Gasteiger partial charge >= 0.3 is 0 Å². The van der Waals surface area contributed by atoms with Crippen LogP contribution >= 0.6 is 0 Å². The van der Waals surface area contributed by atoms with Crippen molar-refractivity contribution in [3.05, 3.63) is 59.4 Å². The third-order valence-electron chi connectivity index (χ3n) is 5.04. The second kappa shape index (κ2) is 8.42. The highest BCUT2D eigenvalue weighted by molar-refractivity contribution is 5.81. The Morgan fingerprint density at radius 3 is 2.37 bits per heavy atom. The van der Waals surface area contributed by atoms with E-state index in [0.29, 0.717) is 19.5 Å². The number of halogens is 1. The Balaban J connectivity index is 1.61. The molecule has 1 aliphatic heterocycles. The zero-order valence-electron chi connectivity index (χ0n) is 16.2. The summed E-state index contributed by atoms with van der Waals surface area (Å²) >= 11 is 0. The highest BCUT2D eigenvalue weighted by Gasteiger charge is 2.28. The summed E-state index contributed by atoms with van der Waals surface area (Å²) in [7, 11) is 0. The van der Waals surface area contributed by atoms with Gasteiger partial charge in [-0.15, -0.1) is 0 Å². The summed E-state index contributed by atoms with van der Waals surface area (Å²) < 4.78 is 19.2. The van der Waals surface area contributed by atoms with Gasteiger partial charge in [0.15, 0.2) is 6.10 Å². The van der Waals surface area contributed by atoms with Gasteiger partial charge in [-0.25, -0.2) is 4.39 Å². The van der Waals surface area contributed by atoms with Crippen LogP contribution in [0.2, 0.25) is 0 Å². The van der Waals surface area contributed by atoms with E-state index in [9.17, 15) is 9.18 Å². The first kappa shape index (κ1) is 19.2. The minimum atomic E-state index is -0.470. The summed E-state index contributed by atoms with van der Waals surface area (Å²) in [6.07, 6.45) is 0.160. The van der Waals surface area contributed by atoms with Gasteiger partial charge in [0.05, 0.1) is 0 Å². The van der Waals surface area contributed by atoms with Crippen LogP contribution in [0.25, 0.3) is 0 Å². The molecule has 27 heavy (non-hydrogen) atoms. The molecule has 3 rings (SSSR count). The van der Waals surface area contributed by atoms with E-state index < -0.39 is 6.10 Å². The van der Waals surface area contributed by atoms with Gasteiger partial charge < -0.3 is 14.5 Å². The molecule has 0 aliphatic carbocycles. The lowest BCUT2D eigenvalue weighted by atomic mass is 10.1. The molecule has 0 saturated carbocycles. The first-order valence-electron chi connectivity index (χ1n) is 9.51. The Morgan fingerprint density at radius 1 is 1.07 bits per heavy atom. The standard InChI is InChI=1S/C22H27FN2O2/c1-4-20(27-21-15-16(2)5-6-17(21)3)22(26)25-13-11-24(12-14-25)19-9-7-18(23)8-10-19/h5-10,15,20H,4,11-14H2,1-3H3. The number of piperazine rings is 1. The first-order valence-corrected chi connectivity index (χ1v) is 9.51. The predicted octanol–water partition coefficient (Wildman–Crippen LogP) is 3.95. The first-order chi connectivity index (χ1) is 13.0. The molecule has 1 aliphatic rings. The van der Waals surface area contributed by atoms with Crippen LogP contribution in [0, 0.1) is 19.7 Å². The Bertz CT molecular complexity index is 783. The molecule has 1 atom stereocenters. The monoisotopic (exact) mass is 370 g/mol. The molecule has 144 valence electrons. The van der Waals surface area contributed by atoms with Gasteiger partial charge in [0.2, 0.25) is 0 Å². The highest BCUT2D eigenvalue weighted by Crippen LogP contribution is 2.23. The zero-order chi connectivity index (χ0) is 19.4. The molecule has 2 aromatic rings. The minimum Gasteiger partial charge on any atom is -0.480 e. The van der Waals surface area contributed by atoms with E-state index in [0.717, 1.165) is 35.7 Å². The number of anilines is 1. The fourth-order valence-corrected chi connectivity index (χ4v) is 3.34. The molecule has 4 nitrogen and oxygen atoms in total. The summed E-state index contributed by atoms with van der Waals surface area (Å²) in [5.41, 5.74) is 3.14. The van der Waals surface area contributed by atoms with E-state index in [1.807, 2.05) is 43.9 Å². The molecule has 1 heterocycles. The van der Waals surface area contributed by atoms with Crippen LogP contribution in [0.1, 0.15) is 24.5 Å². The van der Waals surface area contributed by atoms with Gasteiger partial charge in [0.25, 0.3) is 5.91 Å². The van der Waals surface area contributed by atoms with Crippen LogP contribution in [0.5, 0.6) is 5.75 Å². The number of aryl methyl sites for hydroxylation is 2. The van der Waals surface area contributed by atoms with E-state index >= 15 is 0 Å². The molecule has 2 aromatic carbocycles. The van der Waals surface area contributed by atoms with Crippen LogP contribution in [0.4, 0.5) is 10.1 Å². The summed E-state index contributed by atoms with van der Waals surface area (Å²) in [4.78, 5) is 17.0. The lowest BCUT2D eigenvalue weighted by molar-refractivity contribution is -0.139. The van der Waals surface area contributed by atoms with Gasteiger partial charge in [-0.3, -0.25) is 4.79 Å². The van der Waals surface area contributed by atoms with E-state index in [4.69, 9.17) is 4.74 Å². The molecule has 0 spiro atoms. The number of amides is 1. The van der Waals surface area contributed by atoms with Gasteiger partial charge in [-0.2, -0.15) is 0 Å². The number of hydrogen-bond donors (Lipinski definition) is 0. The molecule has 0 bridgehead atoms. The lowest BCUT2D eigenvalue weighted by Gasteiger charge is -2.37. The average molecular weight is 370 g/mol. The van der Waals surface area contributed by atoms with E-state index in [1.54, 1.807) is 12.1 Å². The van der Waals surface area contributed by atoms with Crippen LogP contribution in [0.3, 0.4) is 0 Å². The largest absolute Gasteiger partial charge is 0.480 e. The van der Waals surface area contributed by atoms with Gasteiger partial charge in [0, 0.05) is 31.9 Å². The van der Waals surface area contributed by atoms with Crippen molar-refractivity contribution < 1.29 is 13.9 Å². The highest BCUT2D eigenvalue weighted by atomic mass is 19.1. The molecule has 0 N–H and O–H groups in total. The molecule has 0 aromatic heterocycles. The summed E-state index contributed by atoms with van der Waals surface area (Å²) in [5.74, 6) is 0.583. The normalized spacial score (nSPS) is 15.6. The van der Waals surface area contributed by atoms with Crippen LogP contribution < -0.4 is 9.64 Å². The fourth-order valence-electron chi connectivity index (χ4n) is 3.34. The molecular formula is C22H27FN2O2. The Hall–Kier alpha value is -2.56. The van der Waals surface area contributed by atoms with Crippen LogP contribution in [-0.4, -0.2) is 43.1 Å². The topological polar surface area (TPSA) is 32.8 Å². The summed E-state index contributed by atoms with van der Waals surface area (Å²) in [5, 5.41) is 0. The number of hydrogen-bond acceptors (Lipinski definition) is 3. The van der Waals surface area contributed by atoms with Crippen molar-refractivity contribution in [2.24, 2.45) is 0 Å². The molecule has 1 unspecified atom stereocenters. The van der Waals surface area contributed by atoms with Crippen molar-refractivity contribution in [2.75, 3.05) is 31.1 Å². The maximum atomic E-state index is 13.1. The van der Waals surface area contributed by atoms with Crippen molar-refractivity contribution in [3.63, 3.8) is 0 Å². The molecular weight excluding hydrogens is 343 g/mol. The molecule has 5 heteroatoms. The average Bonchev–Trinajstić information content (AvgIpc) is 2.69. The summed E-state index contributed by atoms with van der Waals surface area (Å²) in [6, 6.07) is 12.5. The smallest absolute Gasteiger partial charge is 0.263 e. The number of carbonyl (C=O) groups excluding carboxylic acids is 1. The molecule has 0 radical (unpaired) electrons. The summed E-state index contributed by atoms with van der Waals surface area (Å²) in [6.45, 7) is 8.74. The lowest BCUT2D eigenvalue weighted by Crippen LogP contribution is -2.52. The van der Waals surface area contributed by atoms with Gasteiger partial charge in [-0.1, -0.05) is 19.1 Å². The maximum absolute atomic E-state index is 13.1. The third-order valence-corrected chi connectivity index (χ3v) is 5.04. The van der Waals surface area contributed by atoms with Crippen molar-refractivity contribution in [2.45, 2.75) is 33.3 Å². The third kappa shape index (κ3) is 4.59. The number of nitrogens with zero attached hydrogens (tertiary/aromatic N) is 2. The Morgan fingerprint density at radius 2 is 1.74 bits per heavy atom. The second-order valence-corrected chi connectivity index (χ2v) is 7.07. The second-order valence-electron chi connectivity index (χ2n) is 7.07. The maximum Gasteiger partial charge on any atom is 0.263 e. The number of ether oxygens (including phenoxy) is 1. The van der Waals surface area contributed by atoms with Gasteiger partial charge in [-0.05, 0) is 61.7 Å². The predicted molar refractivity (Wildman–Crippen MR) is 106 cm³/mol. The minimum absolute atomic E-state index is 0.0390. The van der Waals surface area contributed by atoms with Crippen molar-refractivity contribution in [1.82, 2.24) is 4.90 Å². The van der Waals surface area contributed by atoms with E-state index in [2.05, 4.69) is 4.90 Å². The van der Waals surface area contributed by atoms with Crippen LogP contribution in [0.15, 0.2) is 42.5 Å². The molecule has 1 fully saturated rings. The number of carbonyl (C=O) groups is 1. The molecule has 1 amide bonds. The fraction of sp³-hybridized carbons (Fsp3) is 0.409. The van der Waals surface area contributed by atoms with E-state index in [1.165, 1.54) is 12.1 Å². The SMILES string of the molecule is CCC(Oc1cc(C)ccc1C)C(=O)N1CCN(c2ccc(F)cc2)CC1. The van der Waals surface area contributed by atoms with Crippen molar-refractivity contribution >= 4 is 11.6 Å². The van der Waals surface area contributed by atoms with Crippen LogP contribution in [-0.2, 0) is 4.79 Å². The van der Waals surface area contributed by atoms with E-state index in [-0.39, 0.29) is 11.7 Å². The zero-order valence-corrected chi connectivity index (χ0v) is 16.2. The Kier molecular flexibility index (Phi) is 5.99. The quantitative estimate of drug-likeness (QED) is 0.799. The number of rotatable bonds is 5. The van der Waals surface area contributed by atoms with Crippen molar-refractivity contribution in [3.8, 4) is 5.75 Å². The van der Waals surface area contributed by atoms with Gasteiger partial charge in [0.1, 0.15) is 11.6 Å². The van der Waals surface area contributed by atoms with Crippen molar-refractivity contribution in [1.29, 1.82) is 0 Å². The number of benzene rings is 2. The molecule has 1 saturated heterocycles.